The van der Waals surface area contributed by atoms with E-state index in [1.54, 1.807) is 48.5 Å². The molecule has 0 radical (unpaired) electrons. The van der Waals surface area contributed by atoms with Gasteiger partial charge >= 0.3 is 6.03 Å². The van der Waals surface area contributed by atoms with Crippen LogP contribution in [0.4, 0.5) is 21.9 Å². The van der Waals surface area contributed by atoms with E-state index in [4.69, 9.17) is 10.5 Å². The molecule has 2 aromatic carbocycles. The fraction of sp³-hybridized carbons (Fsp3) is 0.105. The zero-order valence-electron chi connectivity index (χ0n) is 14.6. The van der Waals surface area contributed by atoms with E-state index < -0.39 is 23.8 Å². The summed E-state index contributed by atoms with van der Waals surface area (Å²) in [4.78, 5) is 38.3. The minimum absolute atomic E-state index is 0.112. The second-order valence-electron chi connectivity index (χ2n) is 5.84. The molecule has 8 nitrogen and oxygen atoms in total. The lowest BCUT2D eigenvalue weighted by Gasteiger charge is -2.31. The second-order valence-corrected chi connectivity index (χ2v) is 5.84. The highest BCUT2D eigenvalue weighted by Crippen LogP contribution is 2.27. The lowest BCUT2D eigenvalue weighted by molar-refractivity contribution is -0.132. The minimum atomic E-state index is -1.29. The van der Waals surface area contributed by atoms with Gasteiger partial charge in [-0.3, -0.25) is 14.9 Å². The molecule has 3 rings (SSSR count). The summed E-state index contributed by atoms with van der Waals surface area (Å²) in [5, 5.41) is 5.07. The number of imide groups is 2. The van der Waals surface area contributed by atoms with Crippen LogP contribution in [0.1, 0.15) is 0 Å². The van der Waals surface area contributed by atoms with Crippen LogP contribution in [0.3, 0.4) is 0 Å². The third-order valence-electron chi connectivity index (χ3n) is 4.10. The van der Waals surface area contributed by atoms with Gasteiger partial charge < -0.3 is 15.8 Å². The number of hydrogen-bond acceptors (Lipinski definition) is 6. The average molecular weight is 366 g/mol. The van der Waals surface area contributed by atoms with Gasteiger partial charge in [-0.1, -0.05) is 18.7 Å². The molecule has 0 saturated carbocycles. The summed E-state index contributed by atoms with van der Waals surface area (Å²) in [6.07, 6.45) is 0. The number of rotatable bonds is 5. The molecule has 27 heavy (non-hydrogen) atoms. The van der Waals surface area contributed by atoms with Crippen molar-refractivity contribution in [2.45, 2.75) is 0 Å². The molecule has 0 spiro atoms. The summed E-state index contributed by atoms with van der Waals surface area (Å²) in [5.41, 5.74) is 7.24. The van der Waals surface area contributed by atoms with Crippen molar-refractivity contribution < 1.29 is 19.1 Å². The van der Waals surface area contributed by atoms with Gasteiger partial charge in [-0.25, -0.2) is 9.69 Å². The van der Waals surface area contributed by atoms with E-state index in [9.17, 15) is 14.4 Å². The van der Waals surface area contributed by atoms with E-state index in [1.807, 2.05) is 0 Å². The standard InChI is InChI=1S/C19H18N4O4/c1-11(21-15-6-4-3-5-14(15)20)16-17(24)22-19(26)23(18(16)25)12-7-9-13(27-2)10-8-12/h3-10,16,21H,1,20H2,2H3,(H,22,24,26)/t16-/m0/s1. The summed E-state index contributed by atoms with van der Waals surface area (Å²) in [6, 6.07) is 12.4. The van der Waals surface area contributed by atoms with Gasteiger partial charge in [0.25, 0.3) is 5.91 Å². The number of anilines is 3. The topological polar surface area (TPSA) is 114 Å². The Morgan fingerprint density at radius 3 is 2.44 bits per heavy atom. The quantitative estimate of drug-likeness (QED) is 0.552. The third kappa shape index (κ3) is 3.45. The fourth-order valence-electron chi connectivity index (χ4n) is 2.71. The molecule has 0 aromatic heterocycles. The van der Waals surface area contributed by atoms with Crippen molar-refractivity contribution in [3.63, 3.8) is 0 Å². The van der Waals surface area contributed by atoms with E-state index in [-0.39, 0.29) is 5.70 Å². The number of carbonyl (C=O) groups excluding carboxylic acids is 3. The largest absolute Gasteiger partial charge is 0.497 e. The number of nitrogens with two attached hydrogens (primary N) is 1. The van der Waals surface area contributed by atoms with Gasteiger partial charge in [0.15, 0.2) is 5.92 Å². The number of barbiturate groups is 1. The van der Waals surface area contributed by atoms with Crippen molar-refractivity contribution in [3.05, 3.63) is 60.8 Å². The van der Waals surface area contributed by atoms with Crippen LogP contribution in [0.15, 0.2) is 60.8 Å². The van der Waals surface area contributed by atoms with E-state index >= 15 is 0 Å². The van der Waals surface area contributed by atoms with E-state index in [2.05, 4.69) is 17.2 Å². The number of carbonyl (C=O) groups is 3. The number of nitrogens with zero attached hydrogens (tertiary/aromatic N) is 1. The summed E-state index contributed by atoms with van der Waals surface area (Å²) < 4.78 is 5.07. The molecule has 1 atom stereocenters. The molecule has 8 heteroatoms. The first-order chi connectivity index (χ1) is 12.9. The first kappa shape index (κ1) is 18.0. The van der Waals surface area contributed by atoms with Crippen molar-refractivity contribution in [1.29, 1.82) is 0 Å². The van der Waals surface area contributed by atoms with Crippen molar-refractivity contribution >= 4 is 34.9 Å². The highest BCUT2D eigenvalue weighted by Gasteiger charge is 2.43. The zero-order valence-corrected chi connectivity index (χ0v) is 14.6. The van der Waals surface area contributed by atoms with Crippen LogP contribution >= 0.6 is 0 Å². The lowest BCUT2D eigenvalue weighted by Crippen LogP contribution is -2.59. The Bertz CT molecular complexity index is 924. The first-order valence-corrected chi connectivity index (χ1v) is 8.05. The van der Waals surface area contributed by atoms with Crippen LogP contribution < -0.4 is 26.0 Å². The number of amides is 4. The van der Waals surface area contributed by atoms with Crippen molar-refractivity contribution in [2.24, 2.45) is 5.92 Å². The molecule has 0 unspecified atom stereocenters. The summed E-state index contributed by atoms with van der Waals surface area (Å²) >= 11 is 0. The lowest BCUT2D eigenvalue weighted by atomic mass is 10.0. The number of urea groups is 1. The van der Waals surface area contributed by atoms with Crippen molar-refractivity contribution in [3.8, 4) is 5.75 Å². The van der Waals surface area contributed by atoms with Gasteiger partial charge in [-0.05, 0) is 36.4 Å². The molecule has 1 aliphatic heterocycles. The Morgan fingerprint density at radius 2 is 1.81 bits per heavy atom. The Morgan fingerprint density at radius 1 is 1.15 bits per heavy atom. The van der Waals surface area contributed by atoms with Crippen molar-refractivity contribution in [1.82, 2.24) is 5.32 Å². The van der Waals surface area contributed by atoms with Crippen LogP contribution in [0.25, 0.3) is 0 Å². The average Bonchev–Trinajstić information content (AvgIpc) is 2.64. The maximum Gasteiger partial charge on any atom is 0.335 e. The SMILES string of the molecule is C=C(Nc1ccccc1N)[C@H]1C(=O)NC(=O)N(c2ccc(OC)cc2)C1=O. The number of para-hydroxylation sites is 2. The van der Waals surface area contributed by atoms with E-state index in [1.165, 1.54) is 7.11 Å². The molecule has 1 saturated heterocycles. The highest BCUT2D eigenvalue weighted by molar-refractivity contribution is 6.29. The Hall–Kier alpha value is -3.81. The molecule has 2 aromatic rings. The summed E-state index contributed by atoms with van der Waals surface area (Å²) in [5.74, 6) is -2.17. The molecular formula is C19H18N4O4. The predicted molar refractivity (Wildman–Crippen MR) is 101 cm³/mol. The van der Waals surface area contributed by atoms with E-state index in [0.717, 1.165) is 4.90 Å². The molecule has 1 fully saturated rings. The smallest absolute Gasteiger partial charge is 0.335 e. The maximum absolute atomic E-state index is 12.9. The van der Waals surface area contributed by atoms with Crippen LogP contribution in [0.2, 0.25) is 0 Å². The number of benzene rings is 2. The Labute approximate surface area is 155 Å². The molecule has 4 amide bonds. The number of hydrogen-bond donors (Lipinski definition) is 3. The molecule has 138 valence electrons. The van der Waals surface area contributed by atoms with Crippen molar-refractivity contribution in [2.75, 3.05) is 23.1 Å². The number of methoxy groups -OCH3 is 1. The number of nitrogen functional groups attached to an aromatic ring is 1. The molecule has 0 bridgehead atoms. The maximum atomic E-state index is 12.9. The van der Waals surface area contributed by atoms with Gasteiger partial charge in [0.1, 0.15) is 5.75 Å². The molecule has 1 aliphatic rings. The fourth-order valence-corrected chi connectivity index (χ4v) is 2.71. The van der Waals surface area contributed by atoms with Crippen LogP contribution in [0.5, 0.6) is 5.75 Å². The Balaban J connectivity index is 1.87. The van der Waals surface area contributed by atoms with Gasteiger partial charge in [-0.2, -0.15) is 0 Å². The normalized spacial score (nSPS) is 16.7. The van der Waals surface area contributed by atoms with Gasteiger partial charge in [0, 0.05) is 5.70 Å². The van der Waals surface area contributed by atoms with Gasteiger partial charge in [-0.15, -0.1) is 0 Å². The van der Waals surface area contributed by atoms with Crippen LogP contribution in [-0.2, 0) is 9.59 Å². The summed E-state index contributed by atoms with van der Waals surface area (Å²) in [6.45, 7) is 3.79. The Kier molecular flexibility index (Phi) is 4.80. The third-order valence-corrected chi connectivity index (χ3v) is 4.10. The highest BCUT2D eigenvalue weighted by atomic mass is 16.5. The predicted octanol–water partition coefficient (Wildman–Crippen LogP) is 2.10. The van der Waals surface area contributed by atoms with Crippen LogP contribution in [-0.4, -0.2) is 25.0 Å². The van der Waals surface area contributed by atoms with Crippen LogP contribution in [0, 0.1) is 5.92 Å². The second kappa shape index (κ2) is 7.20. The number of nitrogens with one attached hydrogen (secondary N) is 2. The summed E-state index contributed by atoms with van der Waals surface area (Å²) in [7, 11) is 1.51. The minimum Gasteiger partial charge on any atom is -0.497 e. The van der Waals surface area contributed by atoms with Gasteiger partial charge in [0.2, 0.25) is 5.91 Å². The molecule has 0 aliphatic carbocycles. The first-order valence-electron chi connectivity index (χ1n) is 8.05. The molecule has 1 heterocycles. The van der Waals surface area contributed by atoms with Gasteiger partial charge in [0.05, 0.1) is 24.2 Å². The monoisotopic (exact) mass is 366 g/mol. The number of ether oxygens (including phenoxy) is 1. The van der Waals surface area contributed by atoms with E-state index in [0.29, 0.717) is 22.8 Å². The molecule has 4 N–H and O–H groups in total. The zero-order chi connectivity index (χ0) is 19.6. The molecular weight excluding hydrogens is 348 g/mol.